The Bertz CT molecular complexity index is 624. The van der Waals surface area contributed by atoms with Gasteiger partial charge in [-0.1, -0.05) is 0 Å². The van der Waals surface area contributed by atoms with Crippen molar-refractivity contribution in [3.63, 3.8) is 0 Å². The third-order valence-electron chi connectivity index (χ3n) is 2.78. The third-order valence-corrected chi connectivity index (χ3v) is 5.81. The van der Waals surface area contributed by atoms with Gasteiger partial charge in [0, 0.05) is 26.1 Å². The average molecular weight is 295 g/mol. The highest BCUT2D eigenvalue weighted by Crippen LogP contribution is 2.34. The van der Waals surface area contributed by atoms with Crippen LogP contribution in [0.1, 0.15) is 21.6 Å². The maximum Gasteiger partial charge on any atom is 0.0897 e. The van der Waals surface area contributed by atoms with Crippen LogP contribution in [0.2, 0.25) is 0 Å². The summed E-state index contributed by atoms with van der Waals surface area (Å²) in [4.78, 5) is 5.78. The van der Waals surface area contributed by atoms with Crippen molar-refractivity contribution in [3.8, 4) is 0 Å². The van der Waals surface area contributed by atoms with Gasteiger partial charge >= 0.3 is 0 Å². The fraction of sp³-hybridized carbons (Fsp3) is 0.250. The summed E-state index contributed by atoms with van der Waals surface area (Å²) in [7, 11) is 0. The molecule has 0 fully saturated rings. The minimum absolute atomic E-state index is 0.149. The van der Waals surface area contributed by atoms with E-state index in [0.29, 0.717) is 0 Å². The summed E-state index contributed by atoms with van der Waals surface area (Å²) in [6.45, 7) is 2.03. The third kappa shape index (κ3) is 2.34. The maximum absolute atomic E-state index is 5.69. The number of nitrogens with zero attached hydrogens (tertiary/aromatic N) is 1. The summed E-state index contributed by atoms with van der Waals surface area (Å²) < 4.78 is 2.68. The fourth-order valence-corrected chi connectivity index (χ4v) is 4.71. The maximum atomic E-state index is 5.69. The number of thiophene rings is 2. The highest BCUT2D eigenvalue weighted by molar-refractivity contribution is 7.26. The first-order valence-corrected chi connectivity index (χ1v) is 8.18. The van der Waals surface area contributed by atoms with Gasteiger partial charge in [-0.2, -0.15) is 0 Å². The van der Waals surface area contributed by atoms with Crippen molar-refractivity contribution in [2.75, 3.05) is 0 Å². The normalized spacial score (nSPS) is 13.2. The molecule has 0 saturated carbocycles. The molecule has 3 N–H and O–H groups in total. The fourth-order valence-electron chi connectivity index (χ4n) is 1.91. The molecule has 0 aromatic carbocycles. The van der Waals surface area contributed by atoms with Crippen LogP contribution in [-0.4, -0.2) is 4.98 Å². The minimum atomic E-state index is 0.149. The summed E-state index contributed by atoms with van der Waals surface area (Å²) in [5.41, 5.74) is 4.02. The van der Waals surface area contributed by atoms with Crippen LogP contribution in [0.4, 0.5) is 0 Å². The molecule has 0 radical (unpaired) electrons. The van der Waals surface area contributed by atoms with Gasteiger partial charge in [0.05, 0.1) is 16.7 Å². The lowest BCUT2D eigenvalue weighted by molar-refractivity contribution is 0.555. The lowest BCUT2D eigenvalue weighted by atomic mass is 10.1. The van der Waals surface area contributed by atoms with Crippen molar-refractivity contribution in [2.45, 2.75) is 19.4 Å². The van der Waals surface area contributed by atoms with E-state index in [1.807, 2.05) is 6.92 Å². The van der Waals surface area contributed by atoms with Crippen LogP contribution in [0.5, 0.6) is 0 Å². The number of hydrazine groups is 1. The van der Waals surface area contributed by atoms with E-state index in [0.717, 1.165) is 17.1 Å². The van der Waals surface area contributed by atoms with E-state index in [4.69, 9.17) is 5.84 Å². The van der Waals surface area contributed by atoms with Crippen LogP contribution in [0.25, 0.3) is 9.40 Å². The molecule has 3 aromatic heterocycles. The van der Waals surface area contributed by atoms with E-state index < -0.39 is 0 Å². The van der Waals surface area contributed by atoms with Gasteiger partial charge < -0.3 is 0 Å². The Hall–Kier alpha value is -0.790. The number of thiazole rings is 1. The SMILES string of the molecule is Cc1nc(CC(NN)c2cc3sccc3s2)cs1. The molecular weight excluding hydrogens is 282 g/mol. The molecule has 0 bridgehead atoms. The van der Waals surface area contributed by atoms with Crippen molar-refractivity contribution in [3.05, 3.63) is 38.5 Å². The van der Waals surface area contributed by atoms with Gasteiger partial charge in [-0.25, -0.2) is 4.98 Å². The Morgan fingerprint density at radius 3 is 2.94 bits per heavy atom. The number of fused-ring (bicyclic) bond motifs is 1. The molecule has 3 heterocycles. The molecule has 6 heteroatoms. The van der Waals surface area contributed by atoms with Crippen molar-refractivity contribution in [1.82, 2.24) is 10.4 Å². The second-order valence-electron chi connectivity index (χ2n) is 4.08. The summed E-state index contributed by atoms with van der Waals surface area (Å²) in [6.07, 6.45) is 0.842. The standard InChI is InChI=1S/C12H13N3S3/c1-7-14-8(6-17-7)4-9(15-13)11-5-12-10(18-11)2-3-16-12/h2-3,5-6,9,15H,4,13H2,1H3. The van der Waals surface area contributed by atoms with Crippen molar-refractivity contribution in [2.24, 2.45) is 5.84 Å². The first-order chi connectivity index (χ1) is 8.76. The Morgan fingerprint density at radius 1 is 1.39 bits per heavy atom. The minimum Gasteiger partial charge on any atom is -0.271 e. The molecule has 0 aliphatic rings. The molecule has 3 aromatic rings. The second kappa shape index (κ2) is 5.07. The van der Waals surface area contributed by atoms with Gasteiger partial charge in [0.2, 0.25) is 0 Å². The molecule has 0 spiro atoms. The number of aromatic nitrogens is 1. The van der Waals surface area contributed by atoms with Crippen LogP contribution in [0.15, 0.2) is 22.9 Å². The summed E-state index contributed by atoms with van der Waals surface area (Å²) in [5, 5.41) is 5.34. The summed E-state index contributed by atoms with van der Waals surface area (Å²) in [5.74, 6) is 5.69. The molecule has 0 aliphatic heterocycles. The zero-order chi connectivity index (χ0) is 12.5. The van der Waals surface area contributed by atoms with Gasteiger partial charge in [-0.15, -0.1) is 34.0 Å². The lowest BCUT2D eigenvalue weighted by Crippen LogP contribution is -2.29. The van der Waals surface area contributed by atoms with E-state index in [9.17, 15) is 0 Å². The molecule has 1 atom stereocenters. The van der Waals surface area contributed by atoms with Gasteiger partial charge in [0.15, 0.2) is 0 Å². The molecule has 18 heavy (non-hydrogen) atoms. The topological polar surface area (TPSA) is 50.9 Å². The number of hydrogen-bond acceptors (Lipinski definition) is 6. The van der Waals surface area contributed by atoms with Crippen LogP contribution >= 0.6 is 34.0 Å². The van der Waals surface area contributed by atoms with E-state index in [1.165, 1.54) is 14.3 Å². The quantitative estimate of drug-likeness (QED) is 0.572. The van der Waals surface area contributed by atoms with Crippen LogP contribution in [0.3, 0.4) is 0 Å². The zero-order valence-electron chi connectivity index (χ0n) is 9.84. The van der Waals surface area contributed by atoms with E-state index in [2.05, 4.69) is 33.3 Å². The van der Waals surface area contributed by atoms with Crippen molar-refractivity contribution in [1.29, 1.82) is 0 Å². The molecule has 3 rings (SSSR count). The van der Waals surface area contributed by atoms with Crippen molar-refractivity contribution >= 4 is 43.4 Å². The smallest absolute Gasteiger partial charge is 0.0897 e. The molecule has 0 amide bonds. The number of nitrogens with two attached hydrogens (primary N) is 1. The van der Waals surface area contributed by atoms with Gasteiger partial charge in [0.25, 0.3) is 0 Å². The number of aryl methyl sites for hydroxylation is 1. The van der Waals surface area contributed by atoms with Gasteiger partial charge in [0.1, 0.15) is 0 Å². The molecular formula is C12H13N3S3. The zero-order valence-corrected chi connectivity index (χ0v) is 12.3. The predicted molar refractivity (Wildman–Crippen MR) is 80.3 cm³/mol. The monoisotopic (exact) mass is 295 g/mol. The Balaban J connectivity index is 1.85. The molecule has 1 unspecified atom stereocenters. The van der Waals surface area contributed by atoms with Gasteiger partial charge in [-0.3, -0.25) is 11.3 Å². The first kappa shape index (κ1) is 12.3. The van der Waals surface area contributed by atoms with E-state index >= 15 is 0 Å². The molecule has 94 valence electrons. The number of hydrogen-bond donors (Lipinski definition) is 2. The second-order valence-corrected chi connectivity index (χ2v) is 7.20. The Labute approximate surface area is 117 Å². The molecule has 3 nitrogen and oxygen atoms in total. The number of rotatable bonds is 4. The van der Waals surface area contributed by atoms with Crippen LogP contribution in [-0.2, 0) is 6.42 Å². The van der Waals surface area contributed by atoms with E-state index in [-0.39, 0.29) is 6.04 Å². The predicted octanol–water partition coefficient (Wildman–Crippen LogP) is 3.47. The van der Waals surface area contributed by atoms with Crippen LogP contribution in [0, 0.1) is 6.92 Å². The largest absolute Gasteiger partial charge is 0.271 e. The lowest BCUT2D eigenvalue weighted by Gasteiger charge is -2.12. The Morgan fingerprint density at radius 2 is 2.28 bits per heavy atom. The van der Waals surface area contributed by atoms with Crippen LogP contribution < -0.4 is 11.3 Å². The van der Waals surface area contributed by atoms with Gasteiger partial charge in [-0.05, 0) is 24.4 Å². The Kier molecular flexibility index (Phi) is 3.45. The molecule has 0 aliphatic carbocycles. The summed E-state index contributed by atoms with van der Waals surface area (Å²) in [6, 6.07) is 4.54. The number of nitrogens with one attached hydrogen (secondary N) is 1. The summed E-state index contributed by atoms with van der Waals surface area (Å²) >= 11 is 5.27. The molecule has 0 saturated heterocycles. The first-order valence-electron chi connectivity index (χ1n) is 5.60. The highest BCUT2D eigenvalue weighted by atomic mass is 32.1. The average Bonchev–Trinajstić information content (AvgIpc) is 3.00. The highest BCUT2D eigenvalue weighted by Gasteiger charge is 2.15. The van der Waals surface area contributed by atoms with E-state index in [1.54, 1.807) is 34.0 Å². The van der Waals surface area contributed by atoms with Crippen molar-refractivity contribution < 1.29 is 0 Å².